The summed E-state index contributed by atoms with van der Waals surface area (Å²) in [6.45, 7) is 7.38. The third-order valence-electron chi connectivity index (χ3n) is 4.12. The second-order valence-electron chi connectivity index (χ2n) is 5.40. The molecular formula is C14H24N4. The zero-order chi connectivity index (χ0) is 13.1. The smallest absolute Gasteiger partial charge is 0.134 e. The van der Waals surface area contributed by atoms with Crippen molar-refractivity contribution in [2.24, 2.45) is 11.8 Å². The van der Waals surface area contributed by atoms with Crippen LogP contribution in [0.1, 0.15) is 44.5 Å². The molecule has 2 atom stereocenters. The molecule has 0 spiro atoms. The maximum atomic E-state index is 5.92. The Balaban J connectivity index is 2.06. The van der Waals surface area contributed by atoms with Gasteiger partial charge in [-0.25, -0.2) is 9.97 Å². The zero-order valence-corrected chi connectivity index (χ0v) is 11.7. The largest absolute Gasteiger partial charge is 0.383 e. The monoisotopic (exact) mass is 248 g/mol. The van der Waals surface area contributed by atoms with Gasteiger partial charge in [0.2, 0.25) is 0 Å². The molecule has 1 aromatic rings. The maximum Gasteiger partial charge on any atom is 0.134 e. The van der Waals surface area contributed by atoms with Crippen molar-refractivity contribution in [2.45, 2.75) is 46.5 Å². The number of aromatic nitrogens is 2. The van der Waals surface area contributed by atoms with Crippen LogP contribution in [0.15, 0.2) is 0 Å². The second kappa shape index (κ2) is 5.55. The minimum atomic E-state index is 0.601. The number of anilines is 2. The third-order valence-corrected chi connectivity index (χ3v) is 4.12. The molecule has 1 heterocycles. The number of nitrogen functional groups attached to an aromatic ring is 1. The van der Waals surface area contributed by atoms with Crippen molar-refractivity contribution >= 4 is 11.6 Å². The van der Waals surface area contributed by atoms with Crippen LogP contribution in [0, 0.1) is 18.8 Å². The highest BCUT2D eigenvalue weighted by atomic mass is 15.1. The fourth-order valence-electron chi connectivity index (χ4n) is 2.67. The van der Waals surface area contributed by atoms with Crippen LogP contribution in [0.5, 0.6) is 0 Å². The zero-order valence-electron chi connectivity index (χ0n) is 11.7. The summed E-state index contributed by atoms with van der Waals surface area (Å²) in [5.74, 6) is 3.93. The molecule has 100 valence electrons. The highest BCUT2D eigenvalue weighted by molar-refractivity contribution is 5.54. The van der Waals surface area contributed by atoms with E-state index in [0.29, 0.717) is 5.82 Å². The molecule has 0 radical (unpaired) electrons. The van der Waals surface area contributed by atoms with Crippen molar-refractivity contribution in [2.75, 3.05) is 17.6 Å². The Kier molecular flexibility index (Phi) is 4.04. The lowest BCUT2D eigenvalue weighted by Crippen LogP contribution is -2.18. The Morgan fingerprint density at radius 1 is 1.33 bits per heavy atom. The molecule has 3 N–H and O–H groups in total. The van der Waals surface area contributed by atoms with E-state index in [0.717, 1.165) is 42.0 Å². The standard InChI is InChI=1S/C14H24N4/c1-4-12-17-13(15)10(3)14(18-12)16-8-11-7-5-6-9(11)2/h9,11H,4-8H2,1-3H3,(H3,15,16,17,18). The Morgan fingerprint density at radius 2 is 2.11 bits per heavy atom. The van der Waals surface area contributed by atoms with Crippen molar-refractivity contribution in [3.63, 3.8) is 0 Å². The first kappa shape index (κ1) is 13.1. The molecule has 1 aliphatic carbocycles. The van der Waals surface area contributed by atoms with Crippen LogP contribution in [-0.4, -0.2) is 16.5 Å². The van der Waals surface area contributed by atoms with E-state index in [4.69, 9.17) is 5.73 Å². The number of nitrogens with two attached hydrogens (primary N) is 1. The molecule has 1 aromatic heterocycles. The summed E-state index contributed by atoms with van der Waals surface area (Å²) in [5, 5.41) is 3.47. The Labute approximate surface area is 109 Å². The van der Waals surface area contributed by atoms with E-state index in [1.807, 2.05) is 13.8 Å². The highest BCUT2D eigenvalue weighted by Gasteiger charge is 2.23. The average molecular weight is 248 g/mol. The topological polar surface area (TPSA) is 63.8 Å². The van der Waals surface area contributed by atoms with Crippen LogP contribution >= 0.6 is 0 Å². The van der Waals surface area contributed by atoms with Gasteiger partial charge in [-0.2, -0.15) is 0 Å². The van der Waals surface area contributed by atoms with Gasteiger partial charge in [-0.3, -0.25) is 0 Å². The van der Waals surface area contributed by atoms with Gasteiger partial charge in [0.25, 0.3) is 0 Å². The van der Waals surface area contributed by atoms with E-state index in [1.54, 1.807) is 0 Å². The normalized spacial score (nSPS) is 23.3. The van der Waals surface area contributed by atoms with Gasteiger partial charge in [0, 0.05) is 18.5 Å². The van der Waals surface area contributed by atoms with E-state index >= 15 is 0 Å². The van der Waals surface area contributed by atoms with E-state index in [-0.39, 0.29) is 0 Å². The van der Waals surface area contributed by atoms with Crippen molar-refractivity contribution in [3.8, 4) is 0 Å². The molecule has 0 bridgehead atoms. The number of hydrogen-bond donors (Lipinski definition) is 2. The van der Waals surface area contributed by atoms with Gasteiger partial charge in [0.05, 0.1) is 0 Å². The summed E-state index contributed by atoms with van der Waals surface area (Å²) in [5.41, 5.74) is 6.89. The molecule has 2 rings (SSSR count). The van der Waals surface area contributed by atoms with Gasteiger partial charge in [-0.05, 0) is 25.2 Å². The quantitative estimate of drug-likeness (QED) is 0.860. The van der Waals surface area contributed by atoms with E-state index in [9.17, 15) is 0 Å². The number of nitrogens with zero attached hydrogens (tertiary/aromatic N) is 2. The molecule has 1 fully saturated rings. The van der Waals surface area contributed by atoms with Gasteiger partial charge in [-0.15, -0.1) is 0 Å². The lowest BCUT2D eigenvalue weighted by Gasteiger charge is -2.18. The maximum absolute atomic E-state index is 5.92. The number of rotatable bonds is 4. The molecule has 4 nitrogen and oxygen atoms in total. The molecule has 1 saturated carbocycles. The number of nitrogens with one attached hydrogen (secondary N) is 1. The van der Waals surface area contributed by atoms with E-state index in [1.165, 1.54) is 19.3 Å². The molecule has 0 saturated heterocycles. The summed E-state index contributed by atoms with van der Waals surface area (Å²) in [7, 11) is 0. The molecule has 0 aliphatic heterocycles. The number of hydrogen-bond acceptors (Lipinski definition) is 4. The number of aryl methyl sites for hydroxylation is 1. The Morgan fingerprint density at radius 3 is 2.72 bits per heavy atom. The van der Waals surface area contributed by atoms with Crippen LogP contribution in [0.2, 0.25) is 0 Å². The van der Waals surface area contributed by atoms with Gasteiger partial charge < -0.3 is 11.1 Å². The van der Waals surface area contributed by atoms with Crippen molar-refractivity contribution in [1.29, 1.82) is 0 Å². The van der Waals surface area contributed by atoms with Crippen LogP contribution in [-0.2, 0) is 6.42 Å². The predicted molar refractivity (Wildman–Crippen MR) is 75.6 cm³/mol. The van der Waals surface area contributed by atoms with E-state index in [2.05, 4.69) is 22.2 Å². The SMILES string of the molecule is CCc1nc(N)c(C)c(NCC2CCCC2C)n1. The van der Waals surface area contributed by atoms with Gasteiger partial charge in [-0.1, -0.05) is 26.7 Å². The minimum Gasteiger partial charge on any atom is -0.383 e. The molecule has 0 amide bonds. The highest BCUT2D eigenvalue weighted by Crippen LogP contribution is 2.31. The van der Waals surface area contributed by atoms with Crippen molar-refractivity contribution in [1.82, 2.24) is 9.97 Å². The van der Waals surface area contributed by atoms with Gasteiger partial charge in [0.15, 0.2) is 0 Å². The van der Waals surface area contributed by atoms with E-state index < -0.39 is 0 Å². The fourth-order valence-corrected chi connectivity index (χ4v) is 2.67. The van der Waals surface area contributed by atoms with Gasteiger partial charge in [0.1, 0.15) is 17.5 Å². The predicted octanol–water partition coefficient (Wildman–Crippen LogP) is 2.78. The fraction of sp³-hybridized carbons (Fsp3) is 0.714. The summed E-state index contributed by atoms with van der Waals surface area (Å²) in [6.07, 6.45) is 4.86. The van der Waals surface area contributed by atoms with Gasteiger partial charge >= 0.3 is 0 Å². The molecule has 1 aliphatic rings. The van der Waals surface area contributed by atoms with Crippen LogP contribution < -0.4 is 11.1 Å². The molecule has 2 unspecified atom stereocenters. The minimum absolute atomic E-state index is 0.601. The summed E-state index contributed by atoms with van der Waals surface area (Å²) >= 11 is 0. The first-order valence-corrected chi connectivity index (χ1v) is 6.98. The first-order valence-electron chi connectivity index (χ1n) is 6.98. The molecule has 0 aromatic carbocycles. The summed E-state index contributed by atoms with van der Waals surface area (Å²) in [4.78, 5) is 8.81. The molecule has 4 heteroatoms. The molecular weight excluding hydrogens is 224 g/mol. The third kappa shape index (κ3) is 2.74. The van der Waals surface area contributed by atoms with Crippen molar-refractivity contribution in [3.05, 3.63) is 11.4 Å². The summed E-state index contributed by atoms with van der Waals surface area (Å²) < 4.78 is 0. The Bertz CT molecular complexity index is 417. The first-order chi connectivity index (χ1) is 8.61. The second-order valence-corrected chi connectivity index (χ2v) is 5.40. The lowest BCUT2D eigenvalue weighted by atomic mass is 9.98. The Hall–Kier alpha value is -1.32. The average Bonchev–Trinajstić information content (AvgIpc) is 2.76. The van der Waals surface area contributed by atoms with Crippen LogP contribution in [0.4, 0.5) is 11.6 Å². The van der Waals surface area contributed by atoms with Crippen LogP contribution in [0.25, 0.3) is 0 Å². The van der Waals surface area contributed by atoms with Crippen molar-refractivity contribution < 1.29 is 0 Å². The summed E-state index contributed by atoms with van der Waals surface area (Å²) in [6, 6.07) is 0. The lowest BCUT2D eigenvalue weighted by molar-refractivity contribution is 0.439. The molecule has 18 heavy (non-hydrogen) atoms. The van der Waals surface area contributed by atoms with Crippen LogP contribution in [0.3, 0.4) is 0 Å².